The van der Waals surface area contributed by atoms with Gasteiger partial charge >= 0.3 is 0 Å². The molecule has 1 saturated carbocycles. The average molecular weight is 400 g/mol. The summed E-state index contributed by atoms with van der Waals surface area (Å²) in [6.45, 7) is 5.68. The molecule has 0 bridgehead atoms. The van der Waals surface area contributed by atoms with Crippen molar-refractivity contribution in [1.82, 2.24) is 10.2 Å². The summed E-state index contributed by atoms with van der Waals surface area (Å²) < 4.78 is 40.2. The summed E-state index contributed by atoms with van der Waals surface area (Å²) in [5, 5.41) is 9.98. The molecule has 1 atom stereocenters. The van der Waals surface area contributed by atoms with E-state index in [0.717, 1.165) is 7.05 Å². The van der Waals surface area contributed by atoms with Gasteiger partial charge in [-0.2, -0.15) is 4.39 Å². The maximum Gasteiger partial charge on any atom is 0.280 e. The SMILES string of the molecule is C=C(c1ccccc1Cl)C(C)N(C(=O)/C(C(=N)C(F)F)=C(\F)NC)C1CC1. The molecule has 0 aliphatic heterocycles. The topological polar surface area (TPSA) is 56.2 Å². The van der Waals surface area contributed by atoms with Gasteiger partial charge in [0.25, 0.3) is 12.3 Å². The van der Waals surface area contributed by atoms with Crippen LogP contribution in [0.2, 0.25) is 5.02 Å². The Morgan fingerprint density at radius 3 is 2.44 bits per heavy atom. The van der Waals surface area contributed by atoms with E-state index in [9.17, 15) is 18.0 Å². The standard InChI is InChI=1S/C19H21ClF3N3O/c1-10(13-6-4-5-7-14(13)20)11(2)26(12-8-9-12)19(27)15(18(23)25-3)16(24)17(21)22/h4-7,11-12,17,24-25H,1,8-9H2,2-3H3/b18-15+,24-16?. The lowest BCUT2D eigenvalue weighted by molar-refractivity contribution is -0.128. The third-order valence-electron chi connectivity index (χ3n) is 4.46. The summed E-state index contributed by atoms with van der Waals surface area (Å²) in [5.41, 5.74) is -1.19. The number of hydrogen-bond donors (Lipinski definition) is 2. The van der Waals surface area contributed by atoms with Crippen LogP contribution in [0.25, 0.3) is 5.57 Å². The predicted molar refractivity (Wildman–Crippen MR) is 101 cm³/mol. The molecule has 0 spiro atoms. The molecule has 2 rings (SSSR count). The van der Waals surface area contributed by atoms with Crippen molar-refractivity contribution in [2.24, 2.45) is 0 Å². The zero-order valence-electron chi connectivity index (χ0n) is 15.0. The van der Waals surface area contributed by atoms with E-state index in [0.29, 0.717) is 29.0 Å². The van der Waals surface area contributed by atoms with E-state index < -0.39 is 35.6 Å². The second-order valence-corrected chi connectivity index (χ2v) is 6.69. The average Bonchev–Trinajstić information content (AvgIpc) is 3.46. The minimum atomic E-state index is -3.27. The van der Waals surface area contributed by atoms with Crippen LogP contribution in [0.5, 0.6) is 0 Å². The van der Waals surface area contributed by atoms with Crippen molar-refractivity contribution in [1.29, 1.82) is 5.41 Å². The fraction of sp³-hybridized carbons (Fsp3) is 0.368. The lowest BCUT2D eigenvalue weighted by atomic mass is 9.98. The van der Waals surface area contributed by atoms with Crippen LogP contribution in [0.1, 0.15) is 25.3 Å². The van der Waals surface area contributed by atoms with Crippen molar-refractivity contribution in [2.45, 2.75) is 38.3 Å². The smallest absolute Gasteiger partial charge is 0.280 e. The van der Waals surface area contributed by atoms with Gasteiger partial charge in [-0.25, -0.2) is 8.78 Å². The minimum Gasteiger partial charge on any atom is -0.364 e. The van der Waals surface area contributed by atoms with Crippen molar-refractivity contribution in [3.8, 4) is 0 Å². The molecule has 1 amide bonds. The Morgan fingerprint density at radius 2 is 1.96 bits per heavy atom. The number of nitrogens with zero attached hydrogens (tertiary/aromatic N) is 1. The van der Waals surface area contributed by atoms with Gasteiger partial charge in [0.05, 0.1) is 6.04 Å². The van der Waals surface area contributed by atoms with Crippen LogP contribution in [0.15, 0.2) is 42.4 Å². The van der Waals surface area contributed by atoms with Crippen LogP contribution >= 0.6 is 11.6 Å². The Balaban J connectivity index is 2.41. The number of alkyl halides is 2. The molecular formula is C19H21ClF3N3O. The van der Waals surface area contributed by atoms with E-state index >= 15 is 0 Å². The Hall–Kier alpha value is -2.28. The maximum atomic E-state index is 14.2. The van der Waals surface area contributed by atoms with E-state index in [1.807, 2.05) is 0 Å². The first-order valence-electron chi connectivity index (χ1n) is 8.41. The van der Waals surface area contributed by atoms with Crippen molar-refractivity contribution < 1.29 is 18.0 Å². The van der Waals surface area contributed by atoms with Crippen molar-refractivity contribution in [3.05, 3.63) is 53.0 Å². The fourth-order valence-electron chi connectivity index (χ4n) is 2.82. The van der Waals surface area contributed by atoms with Gasteiger partial charge in [-0.05, 0) is 37.0 Å². The lowest BCUT2D eigenvalue weighted by Crippen LogP contribution is -2.44. The van der Waals surface area contributed by atoms with Crippen LogP contribution in [-0.4, -0.2) is 42.1 Å². The summed E-state index contributed by atoms with van der Waals surface area (Å²) in [6, 6.07) is 6.09. The number of hydrogen-bond acceptors (Lipinski definition) is 3. The molecule has 1 unspecified atom stereocenters. The zero-order chi connectivity index (χ0) is 20.3. The lowest BCUT2D eigenvalue weighted by Gasteiger charge is -2.32. The number of rotatable bonds is 8. The van der Waals surface area contributed by atoms with Crippen molar-refractivity contribution >= 4 is 28.8 Å². The number of nitrogens with one attached hydrogen (secondary N) is 2. The van der Waals surface area contributed by atoms with Crippen LogP contribution < -0.4 is 5.32 Å². The number of carbonyl (C=O) groups excluding carboxylic acids is 1. The van der Waals surface area contributed by atoms with Crippen LogP contribution in [0, 0.1) is 5.41 Å². The molecule has 1 aromatic carbocycles. The highest BCUT2D eigenvalue weighted by Gasteiger charge is 2.41. The normalized spacial score (nSPS) is 15.8. The Morgan fingerprint density at radius 1 is 1.37 bits per heavy atom. The molecule has 0 saturated heterocycles. The minimum absolute atomic E-state index is 0.225. The van der Waals surface area contributed by atoms with Gasteiger partial charge in [-0.3, -0.25) is 10.2 Å². The number of benzene rings is 1. The number of carbonyl (C=O) groups is 1. The quantitative estimate of drug-likeness (QED) is 0.386. The zero-order valence-corrected chi connectivity index (χ0v) is 15.8. The highest BCUT2D eigenvalue weighted by atomic mass is 35.5. The monoisotopic (exact) mass is 399 g/mol. The van der Waals surface area contributed by atoms with Gasteiger partial charge in [0.2, 0.25) is 5.95 Å². The third-order valence-corrected chi connectivity index (χ3v) is 4.79. The second-order valence-electron chi connectivity index (χ2n) is 6.28. The molecule has 0 aromatic heterocycles. The van der Waals surface area contributed by atoms with Crippen LogP contribution in [0.4, 0.5) is 13.2 Å². The number of halogens is 4. The summed E-state index contributed by atoms with van der Waals surface area (Å²) in [6.07, 6.45) is -1.93. The first kappa shape index (κ1) is 21.0. The van der Waals surface area contributed by atoms with E-state index in [1.165, 1.54) is 4.90 Å². The Labute approximate surface area is 161 Å². The maximum absolute atomic E-state index is 14.2. The Bertz CT molecular complexity index is 790. The van der Waals surface area contributed by atoms with Gasteiger partial charge in [0.1, 0.15) is 11.3 Å². The molecule has 1 aromatic rings. The first-order chi connectivity index (χ1) is 12.7. The summed E-state index contributed by atoms with van der Waals surface area (Å²) in [4.78, 5) is 14.3. The second kappa shape index (κ2) is 8.61. The summed E-state index contributed by atoms with van der Waals surface area (Å²) >= 11 is 6.19. The summed E-state index contributed by atoms with van der Waals surface area (Å²) in [5.74, 6) is -2.22. The molecular weight excluding hydrogens is 379 g/mol. The first-order valence-corrected chi connectivity index (χ1v) is 8.79. The van der Waals surface area contributed by atoms with Gasteiger partial charge in [-0.1, -0.05) is 36.4 Å². The highest BCUT2D eigenvalue weighted by molar-refractivity contribution is 6.32. The van der Waals surface area contributed by atoms with Gasteiger partial charge in [-0.15, -0.1) is 0 Å². The number of amides is 1. The molecule has 27 heavy (non-hydrogen) atoms. The summed E-state index contributed by atoms with van der Waals surface area (Å²) in [7, 11) is 1.16. The third kappa shape index (κ3) is 4.53. The van der Waals surface area contributed by atoms with Crippen LogP contribution in [-0.2, 0) is 4.79 Å². The molecule has 146 valence electrons. The van der Waals surface area contributed by atoms with Crippen LogP contribution in [0.3, 0.4) is 0 Å². The van der Waals surface area contributed by atoms with E-state index in [2.05, 4.69) is 11.9 Å². The van der Waals surface area contributed by atoms with Gasteiger partial charge < -0.3 is 10.2 Å². The van der Waals surface area contributed by atoms with Gasteiger partial charge in [0.15, 0.2) is 0 Å². The predicted octanol–water partition coefficient (Wildman–Crippen LogP) is 4.42. The van der Waals surface area contributed by atoms with Crippen molar-refractivity contribution in [2.75, 3.05) is 7.05 Å². The molecule has 0 radical (unpaired) electrons. The molecule has 4 nitrogen and oxygen atoms in total. The largest absolute Gasteiger partial charge is 0.364 e. The van der Waals surface area contributed by atoms with E-state index in [-0.39, 0.29) is 6.04 Å². The molecule has 2 N–H and O–H groups in total. The molecule has 1 aliphatic carbocycles. The highest BCUT2D eigenvalue weighted by Crippen LogP contribution is 2.36. The molecule has 1 fully saturated rings. The fourth-order valence-corrected chi connectivity index (χ4v) is 3.07. The molecule has 8 heteroatoms. The van der Waals surface area contributed by atoms with E-state index in [4.69, 9.17) is 17.0 Å². The van der Waals surface area contributed by atoms with E-state index in [1.54, 1.807) is 31.2 Å². The molecule has 0 heterocycles. The van der Waals surface area contributed by atoms with Gasteiger partial charge in [0, 0.05) is 18.1 Å². The van der Waals surface area contributed by atoms with Crippen molar-refractivity contribution in [3.63, 3.8) is 0 Å². The molecule has 1 aliphatic rings. The Kier molecular flexibility index (Phi) is 6.70.